The van der Waals surface area contributed by atoms with Crippen LogP contribution >= 0.6 is 0 Å². The van der Waals surface area contributed by atoms with Crippen molar-refractivity contribution in [1.82, 2.24) is 9.55 Å². The van der Waals surface area contributed by atoms with Crippen LogP contribution in [0.15, 0.2) is 36.7 Å². The molecule has 0 radical (unpaired) electrons. The van der Waals surface area contributed by atoms with Crippen molar-refractivity contribution in [3.05, 3.63) is 36.7 Å². The summed E-state index contributed by atoms with van der Waals surface area (Å²) in [4.78, 5) is 4.16. The van der Waals surface area contributed by atoms with Gasteiger partial charge in [0.1, 0.15) is 5.75 Å². The van der Waals surface area contributed by atoms with Gasteiger partial charge in [0.2, 0.25) is 0 Å². The van der Waals surface area contributed by atoms with Crippen LogP contribution in [0.1, 0.15) is 0 Å². The third kappa shape index (κ3) is 1.05. The molecule has 80 valence electrons. The molecule has 3 nitrogen and oxygen atoms in total. The van der Waals surface area contributed by atoms with Gasteiger partial charge in [-0.15, -0.1) is 0 Å². The smallest absolute Gasteiger partial charge is 0.143 e. The highest BCUT2D eigenvalue weighted by atomic mass is 16.5. The SMILES string of the molecule is COc1cccc2c3ccncc3n(C)c12. The van der Waals surface area contributed by atoms with E-state index in [1.165, 1.54) is 10.8 Å². The molecule has 0 bridgehead atoms. The van der Waals surface area contributed by atoms with E-state index in [0.717, 1.165) is 16.8 Å². The molecule has 3 rings (SSSR count). The summed E-state index contributed by atoms with van der Waals surface area (Å²) in [5.41, 5.74) is 2.25. The van der Waals surface area contributed by atoms with Gasteiger partial charge in [-0.25, -0.2) is 0 Å². The fraction of sp³-hybridized carbons (Fsp3) is 0.154. The molecule has 16 heavy (non-hydrogen) atoms. The third-order valence-electron chi connectivity index (χ3n) is 3.01. The molecule has 1 aromatic carbocycles. The minimum Gasteiger partial charge on any atom is -0.495 e. The molecule has 0 aliphatic heterocycles. The summed E-state index contributed by atoms with van der Waals surface area (Å²) in [5.74, 6) is 0.899. The minimum atomic E-state index is 0.899. The third-order valence-corrected chi connectivity index (χ3v) is 3.01. The van der Waals surface area contributed by atoms with E-state index in [-0.39, 0.29) is 0 Å². The molecular weight excluding hydrogens is 200 g/mol. The monoisotopic (exact) mass is 212 g/mol. The zero-order chi connectivity index (χ0) is 11.1. The van der Waals surface area contributed by atoms with Crippen LogP contribution in [-0.4, -0.2) is 16.7 Å². The largest absolute Gasteiger partial charge is 0.495 e. The Hall–Kier alpha value is -2.03. The van der Waals surface area contributed by atoms with Gasteiger partial charge in [-0.3, -0.25) is 4.98 Å². The zero-order valence-corrected chi connectivity index (χ0v) is 9.27. The number of nitrogens with zero attached hydrogens (tertiary/aromatic N) is 2. The number of benzene rings is 1. The van der Waals surface area contributed by atoms with Gasteiger partial charge in [-0.1, -0.05) is 12.1 Å². The van der Waals surface area contributed by atoms with E-state index in [2.05, 4.69) is 15.6 Å². The Morgan fingerprint density at radius 3 is 2.88 bits per heavy atom. The minimum absolute atomic E-state index is 0.899. The summed E-state index contributed by atoms with van der Waals surface area (Å²) < 4.78 is 7.52. The highest BCUT2D eigenvalue weighted by Gasteiger charge is 2.11. The predicted molar refractivity (Wildman–Crippen MR) is 64.8 cm³/mol. The van der Waals surface area contributed by atoms with Gasteiger partial charge in [0.15, 0.2) is 0 Å². The van der Waals surface area contributed by atoms with Crippen molar-refractivity contribution in [3.63, 3.8) is 0 Å². The summed E-state index contributed by atoms with van der Waals surface area (Å²) in [6.45, 7) is 0. The Morgan fingerprint density at radius 1 is 1.19 bits per heavy atom. The van der Waals surface area contributed by atoms with E-state index >= 15 is 0 Å². The van der Waals surface area contributed by atoms with Crippen LogP contribution in [0.25, 0.3) is 21.8 Å². The fourth-order valence-corrected chi connectivity index (χ4v) is 2.25. The van der Waals surface area contributed by atoms with Crippen LogP contribution in [0, 0.1) is 0 Å². The molecule has 3 aromatic rings. The standard InChI is InChI=1S/C13H12N2O/c1-15-11-8-14-7-6-9(11)10-4-3-5-12(16-2)13(10)15/h3-8H,1-2H3. The molecule has 2 heterocycles. The van der Waals surface area contributed by atoms with E-state index in [1.807, 2.05) is 37.6 Å². The number of hydrogen-bond acceptors (Lipinski definition) is 2. The van der Waals surface area contributed by atoms with Gasteiger partial charge >= 0.3 is 0 Å². The maximum atomic E-state index is 5.40. The predicted octanol–water partition coefficient (Wildman–Crippen LogP) is 2.74. The number of ether oxygens (including phenoxy) is 1. The molecule has 0 amide bonds. The number of aromatic nitrogens is 2. The van der Waals surface area contributed by atoms with Crippen LogP contribution in [0.2, 0.25) is 0 Å². The first-order chi connectivity index (χ1) is 7.83. The van der Waals surface area contributed by atoms with E-state index in [0.29, 0.717) is 0 Å². The molecule has 0 saturated carbocycles. The first-order valence-corrected chi connectivity index (χ1v) is 5.18. The fourth-order valence-electron chi connectivity index (χ4n) is 2.25. The molecule has 0 unspecified atom stereocenters. The molecule has 0 N–H and O–H groups in total. The van der Waals surface area contributed by atoms with Crippen LogP contribution < -0.4 is 4.74 Å². The maximum absolute atomic E-state index is 5.40. The average molecular weight is 212 g/mol. The van der Waals surface area contributed by atoms with E-state index in [4.69, 9.17) is 4.74 Å². The molecule has 0 aliphatic rings. The Bertz CT molecular complexity index is 670. The van der Waals surface area contributed by atoms with E-state index < -0.39 is 0 Å². The number of aryl methyl sites for hydroxylation is 1. The molecule has 0 saturated heterocycles. The van der Waals surface area contributed by atoms with Crippen molar-refractivity contribution >= 4 is 21.8 Å². The van der Waals surface area contributed by atoms with Crippen LogP contribution in [0.4, 0.5) is 0 Å². The lowest BCUT2D eigenvalue weighted by atomic mass is 10.2. The molecule has 0 atom stereocenters. The van der Waals surface area contributed by atoms with Crippen molar-refractivity contribution in [1.29, 1.82) is 0 Å². The Balaban J connectivity index is 2.61. The van der Waals surface area contributed by atoms with Gasteiger partial charge in [0.25, 0.3) is 0 Å². The van der Waals surface area contributed by atoms with Gasteiger partial charge in [0, 0.05) is 24.0 Å². The lowest BCUT2D eigenvalue weighted by molar-refractivity contribution is 0.418. The number of pyridine rings is 1. The first-order valence-electron chi connectivity index (χ1n) is 5.18. The molecule has 0 fully saturated rings. The highest BCUT2D eigenvalue weighted by Crippen LogP contribution is 2.33. The second-order valence-electron chi connectivity index (χ2n) is 3.81. The van der Waals surface area contributed by atoms with Gasteiger partial charge in [-0.05, 0) is 12.1 Å². The second kappa shape index (κ2) is 3.23. The van der Waals surface area contributed by atoms with Crippen LogP contribution in [0.5, 0.6) is 5.75 Å². The highest BCUT2D eigenvalue weighted by molar-refractivity contribution is 6.09. The Labute approximate surface area is 93.3 Å². The number of hydrogen-bond donors (Lipinski definition) is 0. The van der Waals surface area contributed by atoms with Crippen molar-refractivity contribution in [2.45, 2.75) is 0 Å². The van der Waals surface area contributed by atoms with Gasteiger partial charge in [-0.2, -0.15) is 0 Å². The first kappa shape index (κ1) is 9.21. The molecule has 0 spiro atoms. The quantitative estimate of drug-likeness (QED) is 0.620. The van der Waals surface area contributed by atoms with Crippen molar-refractivity contribution in [2.75, 3.05) is 7.11 Å². The average Bonchev–Trinajstić information content (AvgIpc) is 2.64. The molecule has 3 heteroatoms. The number of fused-ring (bicyclic) bond motifs is 3. The normalized spacial score (nSPS) is 11.1. The van der Waals surface area contributed by atoms with Gasteiger partial charge < -0.3 is 9.30 Å². The van der Waals surface area contributed by atoms with E-state index in [1.54, 1.807) is 7.11 Å². The topological polar surface area (TPSA) is 27.1 Å². The van der Waals surface area contributed by atoms with Crippen LogP contribution in [-0.2, 0) is 7.05 Å². The summed E-state index contributed by atoms with van der Waals surface area (Å²) >= 11 is 0. The van der Waals surface area contributed by atoms with Crippen molar-refractivity contribution in [2.24, 2.45) is 7.05 Å². The van der Waals surface area contributed by atoms with Crippen molar-refractivity contribution in [3.8, 4) is 5.75 Å². The van der Waals surface area contributed by atoms with Crippen LogP contribution in [0.3, 0.4) is 0 Å². The summed E-state index contributed by atoms with van der Waals surface area (Å²) in [5, 5.41) is 2.42. The summed E-state index contributed by atoms with van der Waals surface area (Å²) in [7, 11) is 3.74. The molecular formula is C13H12N2O. The molecule has 2 aromatic heterocycles. The number of methoxy groups -OCH3 is 1. The Morgan fingerprint density at radius 2 is 2.06 bits per heavy atom. The maximum Gasteiger partial charge on any atom is 0.143 e. The van der Waals surface area contributed by atoms with E-state index in [9.17, 15) is 0 Å². The van der Waals surface area contributed by atoms with Gasteiger partial charge in [0.05, 0.1) is 24.3 Å². The summed E-state index contributed by atoms with van der Waals surface area (Å²) in [6.07, 6.45) is 3.70. The zero-order valence-electron chi connectivity index (χ0n) is 9.27. The lowest BCUT2D eigenvalue weighted by Gasteiger charge is -2.03. The summed E-state index contributed by atoms with van der Waals surface area (Å²) in [6, 6.07) is 8.15. The number of rotatable bonds is 1. The molecule has 0 aliphatic carbocycles. The van der Waals surface area contributed by atoms with Crippen molar-refractivity contribution < 1.29 is 4.74 Å². The Kier molecular flexibility index (Phi) is 1.86. The lowest BCUT2D eigenvalue weighted by Crippen LogP contribution is -1.91. The number of para-hydroxylation sites is 1. The second-order valence-corrected chi connectivity index (χ2v) is 3.81.